The van der Waals surface area contributed by atoms with Gasteiger partial charge in [0.1, 0.15) is 18.5 Å². The standard InChI is InChI=1S/C35H37BrN2O4/c1-3-4-17-35(2)31(41-22-24-11-7-5-8-12-24)29(33(37)39)19-30(32(35)42-23-25-13-9-6-10-14-25)34(40)38-20-26-15-16-28(36)18-27(26)21-38/h5-16,18-19,31H,3-4,17,20-23H2,1-2H3,(H2,37,39). The Hall–Kier alpha value is -3.68. The van der Waals surface area contributed by atoms with Crippen molar-refractivity contribution in [3.8, 4) is 0 Å². The monoisotopic (exact) mass is 628 g/mol. The third-order valence-electron chi connectivity index (χ3n) is 8.15. The Morgan fingerprint density at radius 2 is 1.60 bits per heavy atom. The summed E-state index contributed by atoms with van der Waals surface area (Å²) in [5, 5.41) is 0. The molecule has 1 aliphatic heterocycles. The molecule has 2 aliphatic rings. The van der Waals surface area contributed by atoms with Crippen LogP contribution in [0, 0.1) is 5.41 Å². The van der Waals surface area contributed by atoms with Crippen LogP contribution < -0.4 is 5.73 Å². The number of amides is 2. The quantitative estimate of drug-likeness (QED) is 0.249. The van der Waals surface area contributed by atoms with Gasteiger partial charge in [-0.2, -0.15) is 0 Å². The van der Waals surface area contributed by atoms with Crippen LogP contribution in [0.5, 0.6) is 0 Å². The Morgan fingerprint density at radius 1 is 0.952 bits per heavy atom. The third kappa shape index (κ3) is 6.37. The van der Waals surface area contributed by atoms with E-state index in [0.29, 0.717) is 43.0 Å². The molecule has 0 saturated carbocycles. The molecular weight excluding hydrogens is 592 g/mol. The molecule has 2 amide bonds. The lowest BCUT2D eigenvalue weighted by atomic mass is 9.69. The van der Waals surface area contributed by atoms with Gasteiger partial charge >= 0.3 is 0 Å². The zero-order chi connectivity index (χ0) is 29.7. The first-order chi connectivity index (χ1) is 20.3. The number of carbonyl (C=O) groups is 2. The van der Waals surface area contributed by atoms with Gasteiger partial charge < -0.3 is 20.1 Å². The molecule has 0 aromatic heterocycles. The molecule has 1 heterocycles. The van der Waals surface area contributed by atoms with Gasteiger partial charge in [0.25, 0.3) is 5.91 Å². The Kier molecular flexibility index (Phi) is 9.29. The molecule has 2 atom stereocenters. The van der Waals surface area contributed by atoms with Crippen molar-refractivity contribution in [1.29, 1.82) is 0 Å². The number of benzene rings is 3. The second kappa shape index (κ2) is 13.1. The van der Waals surface area contributed by atoms with E-state index in [2.05, 4.69) is 22.9 Å². The van der Waals surface area contributed by atoms with Gasteiger partial charge in [0, 0.05) is 23.1 Å². The average molecular weight is 630 g/mol. The number of primary amides is 1. The second-order valence-electron chi connectivity index (χ2n) is 11.3. The van der Waals surface area contributed by atoms with E-state index in [1.165, 1.54) is 0 Å². The number of ether oxygens (including phenoxy) is 2. The summed E-state index contributed by atoms with van der Waals surface area (Å²) in [6, 6.07) is 25.8. The van der Waals surface area contributed by atoms with Crippen molar-refractivity contribution in [2.24, 2.45) is 11.1 Å². The minimum atomic E-state index is -0.806. The second-order valence-corrected chi connectivity index (χ2v) is 12.2. The zero-order valence-corrected chi connectivity index (χ0v) is 25.7. The highest BCUT2D eigenvalue weighted by atomic mass is 79.9. The number of halogens is 1. The number of nitrogens with two attached hydrogens (primary N) is 1. The van der Waals surface area contributed by atoms with Gasteiger partial charge in [-0.25, -0.2) is 0 Å². The maximum absolute atomic E-state index is 14.3. The highest BCUT2D eigenvalue weighted by molar-refractivity contribution is 9.10. The van der Waals surface area contributed by atoms with E-state index >= 15 is 0 Å². The minimum Gasteiger partial charge on any atom is -0.492 e. The smallest absolute Gasteiger partial charge is 0.257 e. The van der Waals surface area contributed by atoms with E-state index < -0.39 is 17.4 Å². The fourth-order valence-corrected chi connectivity index (χ4v) is 6.30. The fraction of sp³-hybridized carbons (Fsp3) is 0.314. The van der Waals surface area contributed by atoms with Crippen molar-refractivity contribution >= 4 is 27.7 Å². The maximum atomic E-state index is 14.3. The van der Waals surface area contributed by atoms with Crippen LogP contribution in [0.4, 0.5) is 0 Å². The van der Waals surface area contributed by atoms with Crippen LogP contribution in [0.25, 0.3) is 0 Å². The summed E-state index contributed by atoms with van der Waals surface area (Å²) < 4.78 is 14.1. The van der Waals surface area contributed by atoms with Crippen LogP contribution >= 0.6 is 15.9 Å². The van der Waals surface area contributed by atoms with E-state index in [4.69, 9.17) is 15.2 Å². The highest BCUT2D eigenvalue weighted by Gasteiger charge is 2.49. The predicted octanol–water partition coefficient (Wildman–Crippen LogP) is 6.97. The number of unbranched alkanes of at least 4 members (excludes halogenated alkanes) is 1. The summed E-state index contributed by atoms with van der Waals surface area (Å²) >= 11 is 3.54. The van der Waals surface area contributed by atoms with Crippen molar-refractivity contribution < 1.29 is 19.1 Å². The van der Waals surface area contributed by atoms with Crippen LogP contribution in [0.2, 0.25) is 0 Å². The van der Waals surface area contributed by atoms with Gasteiger partial charge in [-0.3, -0.25) is 9.59 Å². The summed E-state index contributed by atoms with van der Waals surface area (Å²) in [5.41, 5.74) is 10.0. The number of hydrogen-bond donors (Lipinski definition) is 1. The molecule has 0 bridgehead atoms. The molecule has 42 heavy (non-hydrogen) atoms. The molecule has 7 heteroatoms. The molecule has 218 valence electrons. The summed E-state index contributed by atoms with van der Waals surface area (Å²) in [6.07, 6.45) is 3.38. The largest absolute Gasteiger partial charge is 0.492 e. The van der Waals surface area contributed by atoms with Crippen LogP contribution in [-0.4, -0.2) is 22.8 Å². The number of fused-ring (bicyclic) bond motifs is 1. The molecule has 0 radical (unpaired) electrons. The van der Waals surface area contributed by atoms with Crippen LogP contribution in [0.15, 0.2) is 106 Å². The van der Waals surface area contributed by atoms with Crippen LogP contribution in [0.1, 0.15) is 55.4 Å². The molecule has 0 fully saturated rings. The molecule has 5 rings (SSSR count). The van der Waals surface area contributed by atoms with Crippen LogP contribution in [-0.2, 0) is 45.4 Å². The normalized spacial score (nSPS) is 19.8. The van der Waals surface area contributed by atoms with Crippen molar-refractivity contribution in [2.45, 2.75) is 65.5 Å². The summed E-state index contributed by atoms with van der Waals surface area (Å²) in [4.78, 5) is 29.1. The molecule has 2 unspecified atom stereocenters. The topological polar surface area (TPSA) is 81.9 Å². The van der Waals surface area contributed by atoms with Crippen molar-refractivity contribution in [3.05, 3.63) is 129 Å². The Morgan fingerprint density at radius 3 is 2.24 bits per heavy atom. The maximum Gasteiger partial charge on any atom is 0.257 e. The van der Waals surface area contributed by atoms with Gasteiger partial charge in [-0.15, -0.1) is 0 Å². The SMILES string of the molecule is CCCCC1(C)C(OCc2ccccc2)=C(C(=O)N2Cc3ccc(Br)cc3C2)C=C(C(N)=O)C1OCc1ccccc1. The van der Waals surface area contributed by atoms with E-state index in [9.17, 15) is 9.59 Å². The Labute approximate surface area is 256 Å². The van der Waals surface area contributed by atoms with Gasteiger partial charge in [-0.05, 0) is 53.8 Å². The van der Waals surface area contributed by atoms with Gasteiger partial charge in [0.05, 0.1) is 17.6 Å². The number of hydrogen-bond acceptors (Lipinski definition) is 4. The van der Waals surface area contributed by atoms with Gasteiger partial charge in [0.2, 0.25) is 5.91 Å². The van der Waals surface area contributed by atoms with E-state index in [0.717, 1.165) is 39.6 Å². The van der Waals surface area contributed by atoms with E-state index in [-0.39, 0.29) is 12.5 Å². The highest BCUT2D eigenvalue weighted by Crippen LogP contribution is 2.48. The van der Waals surface area contributed by atoms with Crippen LogP contribution in [0.3, 0.4) is 0 Å². The van der Waals surface area contributed by atoms with Gasteiger partial charge in [-0.1, -0.05) is 102 Å². The summed E-state index contributed by atoms with van der Waals surface area (Å²) in [6.45, 7) is 5.70. The van der Waals surface area contributed by atoms with Crippen molar-refractivity contribution in [2.75, 3.05) is 0 Å². The number of rotatable bonds is 11. The first kappa shape index (κ1) is 29.8. The van der Waals surface area contributed by atoms with Crippen molar-refractivity contribution in [3.63, 3.8) is 0 Å². The predicted molar refractivity (Wildman–Crippen MR) is 167 cm³/mol. The molecular formula is C35H37BrN2O4. The van der Waals surface area contributed by atoms with E-state index in [1.54, 1.807) is 11.0 Å². The zero-order valence-electron chi connectivity index (χ0n) is 24.1. The summed E-state index contributed by atoms with van der Waals surface area (Å²) in [5.74, 6) is -0.241. The minimum absolute atomic E-state index is 0.187. The molecule has 0 spiro atoms. The van der Waals surface area contributed by atoms with E-state index in [1.807, 2.05) is 85.8 Å². The fourth-order valence-electron chi connectivity index (χ4n) is 5.89. The molecule has 0 saturated heterocycles. The average Bonchev–Trinajstić information content (AvgIpc) is 3.42. The third-order valence-corrected chi connectivity index (χ3v) is 8.65. The first-order valence-electron chi connectivity index (χ1n) is 14.4. The summed E-state index contributed by atoms with van der Waals surface area (Å²) in [7, 11) is 0. The van der Waals surface area contributed by atoms with Gasteiger partial charge in [0.15, 0.2) is 0 Å². The molecule has 1 aliphatic carbocycles. The lowest BCUT2D eigenvalue weighted by Crippen LogP contribution is -2.46. The lowest BCUT2D eigenvalue weighted by molar-refractivity contribution is -0.128. The van der Waals surface area contributed by atoms with Crippen molar-refractivity contribution in [1.82, 2.24) is 4.90 Å². The molecule has 3 aromatic rings. The molecule has 2 N–H and O–H groups in total. The molecule has 6 nitrogen and oxygen atoms in total. The molecule has 3 aromatic carbocycles. The first-order valence-corrected chi connectivity index (χ1v) is 15.2. The number of nitrogens with zero attached hydrogens (tertiary/aromatic N) is 1. The Bertz CT molecular complexity index is 1500. The lowest BCUT2D eigenvalue weighted by Gasteiger charge is -2.43. The number of carbonyl (C=O) groups excluding carboxylic acids is 2. The Balaban J connectivity index is 1.57.